The molecule has 0 radical (unpaired) electrons. The monoisotopic (exact) mass is 604 g/mol. The highest BCUT2D eigenvalue weighted by atomic mass is 16.3. The van der Waals surface area contributed by atoms with Crippen molar-refractivity contribution in [3.63, 3.8) is 0 Å². The molecule has 0 aromatic carbocycles. The minimum atomic E-state index is -0.865. The summed E-state index contributed by atoms with van der Waals surface area (Å²) in [5, 5.41) is 22.8. The quantitative estimate of drug-likeness (QED) is 0.0516. The van der Waals surface area contributed by atoms with E-state index in [0.29, 0.717) is 6.42 Å². The van der Waals surface area contributed by atoms with E-state index in [4.69, 9.17) is 0 Å². The van der Waals surface area contributed by atoms with Crippen molar-refractivity contribution in [3.05, 3.63) is 36.5 Å². The fourth-order valence-corrected chi connectivity index (χ4v) is 5.42. The lowest BCUT2D eigenvalue weighted by molar-refractivity contribution is -0.123. The molecule has 0 rings (SSSR count). The summed E-state index contributed by atoms with van der Waals surface area (Å²) < 4.78 is 0. The number of rotatable bonds is 33. The first-order valence-electron chi connectivity index (χ1n) is 18.7. The third kappa shape index (κ3) is 31.8. The average molecular weight is 604 g/mol. The highest BCUT2D eigenvalue weighted by molar-refractivity contribution is 5.76. The number of amides is 1. The van der Waals surface area contributed by atoms with E-state index in [1.165, 1.54) is 122 Å². The van der Waals surface area contributed by atoms with Crippen LogP contribution in [0.15, 0.2) is 36.5 Å². The van der Waals surface area contributed by atoms with E-state index in [1.807, 2.05) is 6.08 Å². The summed E-state index contributed by atoms with van der Waals surface area (Å²) >= 11 is 0. The van der Waals surface area contributed by atoms with Gasteiger partial charge in [-0.25, -0.2) is 0 Å². The normalized spacial score (nSPS) is 13.5. The number of hydrogen-bond donors (Lipinski definition) is 3. The molecule has 2 atom stereocenters. The maximum absolute atomic E-state index is 12.3. The largest absolute Gasteiger partial charge is 0.394 e. The predicted molar refractivity (Wildman–Crippen MR) is 188 cm³/mol. The Morgan fingerprint density at radius 1 is 0.535 bits per heavy atom. The van der Waals surface area contributed by atoms with E-state index in [0.717, 1.165) is 44.9 Å². The number of allylic oxidation sites excluding steroid dienone is 5. The average Bonchev–Trinajstić information content (AvgIpc) is 3.01. The van der Waals surface area contributed by atoms with Crippen molar-refractivity contribution in [2.75, 3.05) is 6.61 Å². The molecule has 0 aliphatic rings. The number of aliphatic hydroxyl groups is 2. The van der Waals surface area contributed by atoms with Gasteiger partial charge in [0, 0.05) is 6.42 Å². The van der Waals surface area contributed by atoms with Crippen LogP contribution in [0.2, 0.25) is 0 Å². The maximum atomic E-state index is 12.3. The SMILES string of the molecule is CCCCCCCC/C=C\CCCCCC(=O)NC(CO)C(O)/C=C/CC/C=C/CCCCCCCCCCCCCC. The van der Waals surface area contributed by atoms with E-state index < -0.39 is 12.1 Å². The predicted octanol–water partition coefficient (Wildman–Crippen LogP) is 11.1. The highest BCUT2D eigenvalue weighted by Crippen LogP contribution is 2.13. The second-order valence-corrected chi connectivity index (χ2v) is 12.6. The van der Waals surface area contributed by atoms with Crippen molar-refractivity contribution in [2.24, 2.45) is 0 Å². The number of unbranched alkanes of at least 4 members (excludes halogenated alkanes) is 22. The van der Waals surface area contributed by atoms with Gasteiger partial charge in [-0.3, -0.25) is 4.79 Å². The van der Waals surface area contributed by atoms with Crippen molar-refractivity contribution in [1.29, 1.82) is 0 Å². The standard InChI is InChI=1S/C39H73NO3/c1-3-5-7-9-11-13-15-17-18-19-20-21-23-24-26-28-30-32-34-38(42)37(36-41)40-39(43)35-33-31-29-27-25-22-16-14-12-10-8-6-4-2/h22,24-26,32,34,37-38,41-42H,3-21,23,27-31,33,35-36H2,1-2H3,(H,40,43)/b25-22-,26-24+,34-32+. The summed E-state index contributed by atoms with van der Waals surface area (Å²) in [5.41, 5.74) is 0. The summed E-state index contributed by atoms with van der Waals surface area (Å²) in [6.45, 7) is 4.27. The molecule has 252 valence electrons. The van der Waals surface area contributed by atoms with Crippen LogP contribution in [-0.4, -0.2) is 34.9 Å². The summed E-state index contributed by atoms with van der Waals surface area (Å²) in [6.07, 6.45) is 45.2. The van der Waals surface area contributed by atoms with Crippen molar-refractivity contribution in [3.8, 4) is 0 Å². The molecular weight excluding hydrogens is 530 g/mol. The molecule has 3 N–H and O–H groups in total. The highest BCUT2D eigenvalue weighted by Gasteiger charge is 2.17. The van der Waals surface area contributed by atoms with Gasteiger partial charge in [-0.2, -0.15) is 0 Å². The van der Waals surface area contributed by atoms with Crippen LogP contribution >= 0.6 is 0 Å². The lowest BCUT2D eigenvalue weighted by atomic mass is 10.0. The van der Waals surface area contributed by atoms with Crippen molar-refractivity contribution >= 4 is 5.91 Å². The molecule has 0 spiro atoms. The van der Waals surface area contributed by atoms with Gasteiger partial charge in [0.05, 0.1) is 18.8 Å². The van der Waals surface area contributed by atoms with E-state index in [1.54, 1.807) is 6.08 Å². The molecule has 0 aromatic heterocycles. The first kappa shape index (κ1) is 41.6. The van der Waals surface area contributed by atoms with Crippen LogP contribution in [0.3, 0.4) is 0 Å². The summed E-state index contributed by atoms with van der Waals surface area (Å²) in [7, 11) is 0. The smallest absolute Gasteiger partial charge is 0.220 e. The number of nitrogens with one attached hydrogen (secondary N) is 1. The van der Waals surface area contributed by atoms with Gasteiger partial charge in [-0.15, -0.1) is 0 Å². The molecule has 1 amide bonds. The summed E-state index contributed by atoms with van der Waals surface area (Å²) in [4.78, 5) is 12.3. The van der Waals surface area contributed by atoms with Crippen LogP contribution in [-0.2, 0) is 4.79 Å². The molecule has 43 heavy (non-hydrogen) atoms. The van der Waals surface area contributed by atoms with Crippen LogP contribution < -0.4 is 5.32 Å². The fraction of sp³-hybridized carbons (Fsp3) is 0.821. The Morgan fingerprint density at radius 2 is 0.907 bits per heavy atom. The minimum absolute atomic E-state index is 0.0918. The molecule has 2 unspecified atom stereocenters. The second kappa shape index (κ2) is 35.1. The van der Waals surface area contributed by atoms with E-state index in [9.17, 15) is 15.0 Å². The molecule has 4 heteroatoms. The Bertz CT molecular complexity index is 657. The zero-order valence-electron chi connectivity index (χ0n) is 28.7. The number of aliphatic hydroxyl groups excluding tert-OH is 2. The molecule has 0 aliphatic heterocycles. The molecule has 0 bridgehead atoms. The molecule has 0 saturated heterocycles. The number of carbonyl (C=O) groups excluding carboxylic acids is 1. The molecule has 0 heterocycles. The Kier molecular flexibility index (Phi) is 34.0. The van der Waals surface area contributed by atoms with Gasteiger partial charge in [-0.05, 0) is 57.8 Å². The minimum Gasteiger partial charge on any atom is -0.394 e. The van der Waals surface area contributed by atoms with E-state index >= 15 is 0 Å². The van der Waals surface area contributed by atoms with Crippen LogP contribution in [0.25, 0.3) is 0 Å². The second-order valence-electron chi connectivity index (χ2n) is 12.6. The van der Waals surface area contributed by atoms with Gasteiger partial charge in [0.1, 0.15) is 0 Å². The molecular formula is C39H73NO3. The Hall–Kier alpha value is -1.39. The maximum Gasteiger partial charge on any atom is 0.220 e. The van der Waals surface area contributed by atoms with Crippen LogP contribution in [0.4, 0.5) is 0 Å². The number of carbonyl (C=O) groups is 1. The van der Waals surface area contributed by atoms with Crippen molar-refractivity contribution in [1.82, 2.24) is 5.32 Å². The Labute approximate surface area is 268 Å². The fourth-order valence-electron chi connectivity index (χ4n) is 5.42. The van der Waals surface area contributed by atoms with Crippen LogP contribution in [0.1, 0.15) is 187 Å². The zero-order chi connectivity index (χ0) is 31.5. The van der Waals surface area contributed by atoms with Crippen LogP contribution in [0.5, 0.6) is 0 Å². The third-order valence-electron chi connectivity index (χ3n) is 8.35. The van der Waals surface area contributed by atoms with Gasteiger partial charge >= 0.3 is 0 Å². The van der Waals surface area contributed by atoms with Gasteiger partial charge < -0.3 is 15.5 Å². The van der Waals surface area contributed by atoms with Gasteiger partial charge in [-0.1, -0.05) is 159 Å². The third-order valence-corrected chi connectivity index (χ3v) is 8.35. The van der Waals surface area contributed by atoms with Gasteiger partial charge in [0.15, 0.2) is 0 Å². The molecule has 4 nitrogen and oxygen atoms in total. The zero-order valence-corrected chi connectivity index (χ0v) is 28.7. The first-order valence-corrected chi connectivity index (χ1v) is 18.7. The van der Waals surface area contributed by atoms with Gasteiger partial charge in [0.25, 0.3) is 0 Å². The number of hydrogen-bond acceptors (Lipinski definition) is 3. The van der Waals surface area contributed by atoms with E-state index in [2.05, 4.69) is 43.5 Å². The van der Waals surface area contributed by atoms with Crippen molar-refractivity contribution < 1.29 is 15.0 Å². The molecule has 0 aliphatic carbocycles. The summed E-state index contributed by atoms with van der Waals surface area (Å²) in [6, 6.07) is -0.644. The Balaban J connectivity index is 3.69. The van der Waals surface area contributed by atoms with E-state index in [-0.39, 0.29) is 12.5 Å². The topological polar surface area (TPSA) is 69.6 Å². The molecule has 0 saturated carbocycles. The van der Waals surface area contributed by atoms with Crippen LogP contribution in [0, 0.1) is 0 Å². The lowest BCUT2D eigenvalue weighted by Crippen LogP contribution is -2.45. The summed E-state index contributed by atoms with van der Waals surface area (Å²) in [5.74, 6) is -0.0918. The molecule has 0 fully saturated rings. The first-order chi connectivity index (χ1) is 21.2. The lowest BCUT2D eigenvalue weighted by Gasteiger charge is -2.19. The van der Waals surface area contributed by atoms with Crippen molar-refractivity contribution in [2.45, 2.75) is 199 Å². The Morgan fingerprint density at radius 3 is 1.35 bits per heavy atom. The molecule has 0 aromatic rings. The van der Waals surface area contributed by atoms with Gasteiger partial charge in [0.2, 0.25) is 5.91 Å².